The van der Waals surface area contributed by atoms with E-state index in [1.54, 1.807) is 55.5 Å². The zero-order chi connectivity index (χ0) is 21.0. The molecule has 0 saturated heterocycles. The SMILES string of the molecule is COc1cc(Nc2ccc(NS(=O)(=O)c3cc(C)ccc3OC)cc2)nc(C)n1. The second kappa shape index (κ2) is 8.36. The highest BCUT2D eigenvalue weighted by molar-refractivity contribution is 7.92. The number of rotatable bonds is 7. The third-order valence-corrected chi connectivity index (χ3v) is 5.44. The van der Waals surface area contributed by atoms with Crippen LogP contribution in [0.4, 0.5) is 17.2 Å². The fourth-order valence-corrected chi connectivity index (χ4v) is 4.00. The molecule has 29 heavy (non-hydrogen) atoms. The Morgan fingerprint density at radius 3 is 2.21 bits per heavy atom. The van der Waals surface area contributed by atoms with Gasteiger partial charge < -0.3 is 14.8 Å². The number of benzene rings is 2. The molecular weight excluding hydrogens is 392 g/mol. The van der Waals surface area contributed by atoms with Gasteiger partial charge in [-0.25, -0.2) is 13.4 Å². The topological polar surface area (TPSA) is 102 Å². The van der Waals surface area contributed by atoms with Gasteiger partial charge in [-0.3, -0.25) is 4.72 Å². The fourth-order valence-electron chi connectivity index (χ4n) is 2.68. The highest BCUT2D eigenvalue weighted by atomic mass is 32.2. The van der Waals surface area contributed by atoms with Crippen molar-refractivity contribution in [3.8, 4) is 11.6 Å². The van der Waals surface area contributed by atoms with Gasteiger partial charge in [0, 0.05) is 17.4 Å². The van der Waals surface area contributed by atoms with Crippen LogP contribution in [0.5, 0.6) is 11.6 Å². The van der Waals surface area contributed by atoms with Gasteiger partial charge in [0.1, 0.15) is 22.3 Å². The minimum atomic E-state index is -3.80. The van der Waals surface area contributed by atoms with E-state index in [4.69, 9.17) is 9.47 Å². The van der Waals surface area contributed by atoms with Crippen LogP contribution in [0.15, 0.2) is 53.4 Å². The van der Waals surface area contributed by atoms with Gasteiger partial charge in [0.15, 0.2) is 0 Å². The van der Waals surface area contributed by atoms with Gasteiger partial charge in [-0.1, -0.05) is 6.07 Å². The number of ether oxygens (including phenoxy) is 2. The first kappa shape index (κ1) is 20.4. The highest BCUT2D eigenvalue weighted by Crippen LogP contribution is 2.27. The van der Waals surface area contributed by atoms with Gasteiger partial charge in [-0.2, -0.15) is 4.98 Å². The van der Waals surface area contributed by atoms with Crippen LogP contribution < -0.4 is 19.5 Å². The standard InChI is InChI=1S/C20H22N4O4S/c1-13-5-10-17(27-3)18(11-13)29(25,26)24-16-8-6-15(7-9-16)23-19-12-20(28-4)22-14(2)21-19/h5-12,24H,1-4H3,(H,21,22,23). The molecule has 0 aliphatic rings. The minimum absolute atomic E-state index is 0.0887. The summed E-state index contributed by atoms with van der Waals surface area (Å²) < 4.78 is 38.5. The van der Waals surface area contributed by atoms with Crippen molar-refractivity contribution in [2.45, 2.75) is 18.7 Å². The van der Waals surface area contributed by atoms with E-state index in [0.29, 0.717) is 23.2 Å². The molecule has 152 valence electrons. The smallest absolute Gasteiger partial charge is 0.265 e. The Morgan fingerprint density at radius 1 is 0.862 bits per heavy atom. The Balaban J connectivity index is 1.79. The molecule has 0 aliphatic heterocycles. The van der Waals surface area contributed by atoms with E-state index < -0.39 is 10.0 Å². The monoisotopic (exact) mass is 414 g/mol. The zero-order valence-corrected chi connectivity index (χ0v) is 17.4. The van der Waals surface area contributed by atoms with E-state index in [1.165, 1.54) is 14.2 Å². The molecule has 3 aromatic rings. The molecule has 0 spiro atoms. The van der Waals surface area contributed by atoms with Gasteiger partial charge >= 0.3 is 0 Å². The molecule has 8 nitrogen and oxygen atoms in total. The average Bonchev–Trinajstić information content (AvgIpc) is 2.69. The summed E-state index contributed by atoms with van der Waals surface area (Å²) in [6.45, 7) is 3.59. The number of sulfonamides is 1. The van der Waals surface area contributed by atoms with Crippen molar-refractivity contribution in [1.29, 1.82) is 0 Å². The summed E-state index contributed by atoms with van der Waals surface area (Å²) >= 11 is 0. The molecule has 0 atom stereocenters. The zero-order valence-electron chi connectivity index (χ0n) is 16.6. The van der Waals surface area contributed by atoms with Gasteiger partial charge in [0.05, 0.1) is 14.2 Å². The van der Waals surface area contributed by atoms with Crippen LogP contribution in [-0.2, 0) is 10.0 Å². The van der Waals surface area contributed by atoms with Crippen molar-refractivity contribution in [3.05, 3.63) is 59.9 Å². The molecule has 1 aromatic heterocycles. The third-order valence-electron chi connectivity index (χ3n) is 4.04. The predicted octanol–water partition coefficient (Wildman–Crippen LogP) is 3.66. The maximum absolute atomic E-state index is 12.8. The number of hydrogen-bond acceptors (Lipinski definition) is 7. The van der Waals surface area contributed by atoms with Crippen molar-refractivity contribution >= 4 is 27.2 Å². The van der Waals surface area contributed by atoms with Crippen LogP contribution in [-0.4, -0.2) is 32.6 Å². The molecule has 0 unspecified atom stereocenters. The van der Waals surface area contributed by atoms with Crippen LogP contribution in [0.25, 0.3) is 0 Å². The number of aromatic nitrogens is 2. The second-order valence-electron chi connectivity index (χ2n) is 6.30. The number of methoxy groups -OCH3 is 2. The van der Waals surface area contributed by atoms with Crippen LogP contribution >= 0.6 is 0 Å². The molecule has 1 heterocycles. The number of nitrogens with one attached hydrogen (secondary N) is 2. The number of aryl methyl sites for hydroxylation is 2. The van der Waals surface area contributed by atoms with Crippen molar-refractivity contribution in [2.75, 3.05) is 24.3 Å². The van der Waals surface area contributed by atoms with Crippen LogP contribution in [0.2, 0.25) is 0 Å². The lowest BCUT2D eigenvalue weighted by Crippen LogP contribution is -2.14. The summed E-state index contributed by atoms with van der Waals surface area (Å²) in [6, 6.07) is 13.5. The van der Waals surface area contributed by atoms with Crippen molar-refractivity contribution in [1.82, 2.24) is 9.97 Å². The molecule has 0 amide bonds. The lowest BCUT2D eigenvalue weighted by atomic mass is 10.2. The van der Waals surface area contributed by atoms with Gasteiger partial charge in [0.25, 0.3) is 10.0 Å². The predicted molar refractivity (Wildman–Crippen MR) is 112 cm³/mol. The lowest BCUT2D eigenvalue weighted by molar-refractivity contribution is 0.396. The molecule has 3 rings (SSSR count). The average molecular weight is 414 g/mol. The van der Waals surface area contributed by atoms with Gasteiger partial charge in [0.2, 0.25) is 5.88 Å². The van der Waals surface area contributed by atoms with E-state index in [2.05, 4.69) is 20.0 Å². The Hall–Kier alpha value is -3.33. The maximum atomic E-state index is 12.8. The molecule has 2 aromatic carbocycles. The third kappa shape index (κ3) is 4.94. The quantitative estimate of drug-likeness (QED) is 0.608. The first-order valence-corrected chi connectivity index (χ1v) is 10.2. The Labute approximate surface area is 170 Å². The normalized spacial score (nSPS) is 11.0. The van der Waals surface area contributed by atoms with Gasteiger partial charge in [-0.15, -0.1) is 0 Å². The molecule has 9 heteroatoms. The maximum Gasteiger partial charge on any atom is 0.265 e. The van der Waals surface area contributed by atoms with Crippen LogP contribution in [0.3, 0.4) is 0 Å². The Kier molecular flexibility index (Phi) is 5.88. The molecule has 0 saturated carbocycles. The summed E-state index contributed by atoms with van der Waals surface area (Å²) in [5.74, 6) is 1.89. The van der Waals surface area contributed by atoms with Gasteiger partial charge in [-0.05, 0) is 55.8 Å². The number of hydrogen-bond donors (Lipinski definition) is 2. The first-order chi connectivity index (χ1) is 13.8. The molecule has 0 bridgehead atoms. The number of nitrogens with zero attached hydrogens (tertiary/aromatic N) is 2. The van der Waals surface area contributed by atoms with Crippen molar-refractivity contribution in [2.24, 2.45) is 0 Å². The first-order valence-electron chi connectivity index (χ1n) is 8.75. The molecule has 0 aliphatic carbocycles. The van der Waals surface area contributed by atoms with Crippen molar-refractivity contribution in [3.63, 3.8) is 0 Å². The van der Waals surface area contributed by atoms with Crippen LogP contribution in [0, 0.1) is 13.8 Å². The summed E-state index contributed by atoms with van der Waals surface area (Å²) in [4.78, 5) is 8.52. The van der Waals surface area contributed by atoms with E-state index in [0.717, 1.165) is 11.3 Å². The van der Waals surface area contributed by atoms with E-state index >= 15 is 0 Å². The molecular formula is C20H22N4O4S. The summed E-state index contributed by atoms with van der Waals surface area (Å²) in [6.07, 6.45) is 0. The fraction of sp³-hybridized carbons (Fsp3) is 0.200. The summed E-state index contributed by atoms with van der Waals surface area (Å²) in [5.41, 5.74) is 1.98. The minimum Gasteiger partial charge on any atom is -0.495 e. The Bertz CT molecular complexity index is 1120. The largest absolute Gasteiger partial charge is 0.495 e. The molecule has 2 N–H and O–H groups in total. The van der Waals surface area contributed by atoms with Crippen LogP contribution in [0.1, 0.15) is 11.4 Å². The lowest BCUT2D eigenvalue weighted by Gasteiger charge is -2.13. The molecule has 0 fully saturated rings. The van der Waals surface area contributed by atoms with E-state index in [9.17, 15) is 8.42 Å². The number of anilines is 3. The molecule has 0 radical (unpaired) electrons. The highest BCUT2D eigenvalue weighted by Gasteiger charge is 2.19. The Morgan fingerprint density at radius 2 is 1.55 bits per heavy atom. The summed E-state index contributed by atoms with van der Waals surface area (Å²) in [5, 5.41) is 3.14. The van der Waals surface area contributed by atoms with Crippen molar-refractivity contribution < 1.29 is 17.9 Å². The van der Waals surface area contributed by atoms with E-state index in [-0.39, 0.29) is 10.6 Å². The van der Waals surface area contributed by atoms with E-state index in [1.807, 2.05) is 6.92 Å². The second-order valence-corrected chi connectivity index (χ2v) is 7.96. The summed E-state index contributed by atoms with van der Waals surface area (Å²) in [7, 11) is -0.822.